The maximum Gasteiger partial charge on any atom is 0.0869 e. The number of nitrogens with two attached hydrogens (primary N) is 1. The summed E-state index contributed by atoms with van der Waals surface area (Å²) >= 11 is 5.03. The lowest BCUT2D eigenvalue weighted by Gasteiger charge is -1.97. The van der Waals surface area contributed by atoms with Crippen LogP contribution in [0.4, 0.5) is 5.00 Å². The van der Waals surface area contributed by atoms with Crippen LogP contribution in [0.5, 0.6) is 0 Å². The molecule has 4 heteroatoms. The molecule has 0 saturated carbocycles. The first-order valence-electron chi connectivity index (χ1n) is 4.05. The topological polar surface area (TPSA) is 49.8 Å². The molecule has 2 nitrogen and oxygen atoms in total. The summed E-state index contributed by atoms with van der Waals surface area (Å²) in [7, 11) is 0. The fourth-order valence-corrected chi connectivity index (χ4v) is 2.96. The van der Waals surface area contributed by atoms with Crippen molar-refractivity contribution in [3.63, 3.8) is 0 Å². The third-order valence-electron chi connectivity index (χ3n) is 1.93. The first-order chi connectivity index (χ1) is 6.70. The van der Waals surface area contributed by atoms with Crippen LogP contribution in [-0.4, -0.2) is 0 Å². The van der Waals surface area contributed by atoms with E-state index < -0.39 is 0 Å². The van der Waals surface area contributed by atoms with Crippen molar-refractivity contribution in [1.82, 2.24) is 0 Å². The van der Waals surface area contributed by atoms with E-state index in [1.165, 1.54) is 0 Å². The van der Waals surface area contributed by atoms with Gasteiger partial charge in [0.05, 0.1) is 22.2 Å². The molecule has 1 aromatic heterocycles. The van der Waals surface area contributed by atoms with Gasteiger partial charge in [-0.15, -0.1) is 11.3 Å². The van der Waals surface area contributed by atoms with Gasteiger partial charge in [0.2, 0.25) is 0 Å². The molecule has 0 aliphatic carbocycles. The summed E-state index contributed by atoms with van der Waals surface area (Å²) in [6.45, 7) is 0. The molecule has 70 valence electrons. The van der Waals surface area contributed by atoms with Crippen molar-refractivity contribution in [2.24, 2.45) is 0 Å². The third kappa shape index (κ3) is 1.61. The second-order valence-corrected chi connectivity index (χ2v) is 4.92. The van der Waals surface area contributed by atoms with Crippen molar-refractivity contribution in [2.75, 3.05) is 5.73 Å². The molecule has 14 heavy (non-hydrogen) atoms. The van der Waals surface area contributed by atoms with E-state index in [4.69, 9.17) is 11.0 Å². The van der Waals surface area contributed by atoms with Gasteiger partial charge in [-0.1, -0.05) is 0 Å². The number of thiophene rings is 1. The van der Waals surface area contributed by atoms with Crippen LogP contribution in [0.15, 0.2) is 22.7 Å². The van der Waals surface area contributed by atoms with Crippen molar-refractivity contribution in [2.45, 2.75) is 6.42 Å². The van der Waals surface area contributed by atoms with Crippen LogP contribution < -0.4 is 5.73 Å². The fraction of sp³-hybridized carbons (Fsp3) is 0.100. The van der Waals surface area contributed by atoms with Gasteiger partial charge >= 0.3 is 0 Å². The van der Waals surface area contributed by atoms with Gasteiger partial charge in [-0.25, -0.2) is 0 Å². The van der Waals surface area contributed by atoms with Gasteiger partial charge in [0.15, 0.2) is 0 Å². The number of benzene rings is 1. The van der Waals surface area contributed by atoms with E-state index in [0.29, 0.717) is 6.42 Å². The van der Waals surface area contributed by atoms with E-state index >= 15 is 0 Å². The summed E-state index contributed by atoms with van der Waals surface area (Å²) in [5.74, 6) is 0. The van der Waals surface area contributed by atoms with Crippen LogP contribution in [0, 0.1) is 11.3 Å². The summed E-state index contributed by atoms with van der Waals surface area (Å²) in [5.41, 5.74) is 6.73. The Morgan fingerprint density at radius 1 is 1.43 bits per heavy atom. The molecule has 0 unspecified atom stereocenters. The number of nitrogens with zero attached hydrogens (tertiary/aromatic N) is 1. The van der Waals surface area contributed by atoms with E-state index in [1.807, 2.05) is 18.2 Å². The smallest absolute Gasteiger partial charge is 0.0869 e. The van der Waals surface area contributed by atoms with Gasteiger partial charge in [-0.3, -0.25) is 0 Å². The molecular weight excluding hydrogens is 260 g/mol. The standard InChI is InChI=1S/C10H7BrN2S/c11-8-4-6(1-2-12)3-7-5-9(13)14-10(7)8/h3-5H,1,13H2. The van der Waals surface area contributed by atoms with Gasteiger partial charge in [0, 0.05) is 4.47 Å². The van der Waals surface area contributed by atoms with Crippen LogP contribution in [0.1, 0.15) is 5.56 Å². The largest absolute Gasteiger partial charge is 0.391 e. The second kappa shape index (κ2) is 3.60. The molecule has 0 atom stereocenters. The third-order valence-corrected chi connectivity index (χ3v) is 3.83. The van der Waals surface area contributed by atoms with E-state index in [1.54, 1.807) is 11.3 Å². The van der Waals surface area contributed by atoms with Gasteiger partial charge in [0.25, 0.3) is 0 Å². The van der Waals surface area contributed by atoms with E-state index in [0.717, 1.165) is 25.1 Å². The second-order valence-electron chi connectivity index (χ2n) is 2.98. The number of fused-ring (bicyclic) bond motifs is 1. The van der Waals surface area contributed by atoms with Gasteiger partial charge in [-0.2, -0.15) is 5.26 Å². The highest BCUT2D eigenvalue weighted by atomic mass is 79.9. The van der Waals surface area contributed by atoms with Crippen molar-refractivity contribution < 1.29 is 0 Å². The molecule has 0 fully saturated rings. The molecule has 0 bridgehead atoms. The molecule has 0 aliphatic rings. The van der Waals surface area contributed by atoms with Gasteiger partial charge in [0.1, 0.15) is 0 Å². The van der Waals surface area contributed by atoms with E-state index in [-0.39, 0.29) is 0 Å². The van der Waals surface area contributed by atoms with Crippen molar-refractivity contribution in [3.05, 3.63) is 28.2 Å². The Labute approximate surface area is 94.1 Å². The Bertz CT molecular complexity index is 525. The summed E-state index contributed by atoms with van der Waals surface area (Å²) in [4.78, 5) is 0. The molecule has 0 radical (unpaired) electrons. The average Bonchev–Trinajstić information content (AvgIpc) is 2.47. The highest BCUT2D eigenvalue weighted by Crippen LogP contribution is 2.34. The Kier molecular flexibility index (Phi) is 2.44. The minimum atomic E-state index is 0.435. The highest BCUT2D eigenvalue weighted by Gasteiger charge is 2.05. The molecule has 0 spiro atoms. The van der Waals surface area contributed by atoms with Crippen LogP contribution in [0.2, 0.25) is 0 Å². The Morgan fingerprint density at radius 3 is 2.93 bits per heavy atom. The van der Waals surface area contributed by atoms with Crippen molar-refractivity contribution in [3.8, 4) is 6.07 Å². The average molecular weight is 267 g/mol. The fourth-order valence-electron chi connectivity index (χ4n) is 1.38. The number of nitriles is 1. The SMILES string of the molecule is N#CCc1cc(Br)c2sc(N)cc2c1. The number of anilines is 1. The Balaban J connectivity index is 2.66. The molecule has 2 N–H and O–H groups in total. The monoisotopic (exact) mass is 266 g/mol. The zero-order valence-electron chi connectivity index (χ0n) is 7.25. The highest BCUT2D eigenvalue weighted by molar-refractivity contribution is 9.10. The molecule has 2 aromatic rings. The van der Waals surface area contributed by atoms with Gasteiger partial charge in [-0.05, 0) is 45.1 Å². The zero-order chi connectivity index (χ0) is 10.1. The molecule has 0 aliphatic heterocycles. The summed E-state index contributed by atoms with van der Waals surface area (Å²) in [6, 6.07) is 8.05. The molecule has 0 saturated heterocycles. The number of hydrogen-bond donors (Lipinski definition) is 1. The number of nitrogen functional groups attached to an aromatic ring is 1. The van der Waals surface area contributed by atoms with Gasteiger partial charge < -0.3 is 5.73 Å². The predicted octanol–water partition coefficient (Wildman–Crippen LogP) is 3.31. The summed E-state index contributed by atoms with van der Waals surface area (Å²) in [6.07, 6.45) is 0.435. The van der Waals surface area contributed by atoms with Crippen molar-refractivity contribution >= 4 is 42.4 Å². The lowest BCUT2D eigenvalue weighted by Crippen LogP contribution is -1.80. The zero-order valence-corrected chi connectivity index (χ0v) is 9.65. The molecule has 1 aromatic carbocycles. The molecule has 1 heterocycles. The quantitative estimate of drug-likeness (QED) is 0.861. The maximum atomic E-state index is 8.60. The van der Waals surface area contributed by atoms with Crippen LogP contribution in [0.3, 0.4) is 0 Å². The normalized spacial score (nSPS) is 10.3. The first-order valence-corrected chi connectivity index (χ1v) is 5.66. The van der Waals surface area contributed by atoms with Crippen LogP contribution >= 0.6 is 27.3 Å². The maximum absolute atomic E-state index is 8.60. The van der Waals surface area contributed by atoms with Crippen LogP contribution in [-0.2, 0) is 6.42 Å². The minimum absolute atomic E-state index is 0.435. The molecular formula is C10H7BrN2S. The summed E-state index contributed by atoms with van der Waals surface area (Å²) < 4.78 is 2.16. The van der Waals surface area contributed by atoms with E-state index in [9.17, 15) is 0 Å². The number of hydrogen-bond acceptors (Lipinski definition) is 3. The molecule has 2 rings (SSSR count). The predicted molar refractivity (Wildman–Crippen MR) is 63.3 cm³/mol. The number of halogens is 1. The summed E-state index contributed by atoms with van der Waals surface area (Å²) in [5, 5.41) is 10.5. The Morgan fingerprint density at radius 2 is 2.21 bits per heavy atom. The van der Waals surface area contributed by atoms with Crippen molar-refractivity contribution in [1.29, 1.82) is 5.26 Å². The Hall–Kier alpha value is -1.05. The molecule has 0 amide bonds. The minimum Gasteiger partial charge on any atom is -0.391 e. The van der Waals surface area contributed by atoms with E-state index in [2.05, 4.69) is 22.0 Å². The van der Waals surface area contributed by atoms with Crippen LogP contribution in [0.25, 0.3) is 10.1 Å². The lowest BCUT2D eigenvalue weighted by molar-refractivity contribution is 1.27. The number of rotatable bonds is 1. The lowest BCUT2D eigenvalue weighted by atomic mass is 10.1. The first kappa shape index (κ1) is 9.50.